The maximum absolute atomic E-state index is 12.3. The predicted octanol–water partition coefficient (Wildman–Crippen LogP) is 2.69. The van der Waals surface area contributed by atoms with Crippen LogP contribution in [0.1, 0.15) is 52.9 Å². The van der Waals surface area contributed by atoms with E-state index in [2.05, 4.69) is 4.72 Å². The van der Waals surface area contributed by atoms with Gasteiger partial charge in [0.1, 0.15) is 4.75 Å². The van der Waals surface area contributed by atoms with Crippen LogP contribution < -0.4 is 4.72 Å². The standard InChI is InChI=1S/C15H23NO3S/c1-15(2,3)20(19)16-13-9-5-6-10-11(13)7-4-8-12(10)14(17)18/h8,13,16H,4-7,9H2,1-3H3,(H,17,18)/t13-,20-/m0/s1. The fourth-order valence-electron chi connectivity index (χ4n) is 2.81. The number of allylic oxidation sites excluding steroid dienone is 1. The van der Waals surface area contributed by atoms with Gasteiger partial charge in [-0.1, -0.05) is 6.08 Å². The van der Waals surface area contributed by atoms with Crippen LogP contribution in [0.25, 0.3) is 0 Å². The van der Waals surface area contributed by atoms with Crippen LogP contribution in [0.2, 0.25) is 0 Å². The summed E-state index contributed by atoms with van der Waals surface area (Å²) in [7, 11) is 0. The molecule has 112 valence electrons. The molecule has 0 aromatic rings. The van der Waals surface area contributed by atoms with Gasteiger partial charge in [0.25, 0.3) is 0 Å². The molecule has 2 atom stereocenters. The summed E-state index contributed by atoms with van der Waals surface area (Å²) in [6.07, 6.45) is 6.18. The summed E-state index contributed by atoms with van der Waals surface area (Å²) < 4.78 is 15.2. The van der Waals surface area contributed by atoms with E-state index in [0.717, 1.165) is 43.3 Å². The molecule has 2 N–H and O–H groups in total. The van der Waals surface area contributed by atoms with Gasteiger partial charge in [-0.05, 0) is 64.0 Å². The molecule has 0 amide bonds. The monoisotopic (exact) mass is 297 g/mol. The molecule has 2 aliphatic carbocycles. The van der Waals surface area contributed by atoms with Crippen molar-refractivity contribution in [2.45, 2.75) is 63.7 Å². The highest BCUT2D eigenvalue weighted by Gasteiger charge is 2.34. The first-order valence-electron chi connectivity index (χ1n) is 7.14. The van der Waals surface area contributed by atoms with Crippen molar-refractivity contribution in [1.29, 1.82) is 0 Å². The Balaban J connectivity index is 2.22. The summed E-state index contributed by atoms with van der Waals surface area (Å²) in [6.45, 7) is 5.83. The lowest BCUT2D eigenvalue weighted by Gasteiger charge is -2.34. The SMILES string of the molecule is CC(C)(C)[S@+]([O-])N[C@H]1CCCC2=C1CCC=C2C(=O)O. The molecule has 0 aromatic carbocycles. The summed E-state index contributed by atoms with van der Waals surface area (Å²) in [4.78, 5) is 11.3. The highest BCUT2D eigenvalue weighted by molar-refractivity contribution is 7.90. The van der Waals surface area contributed by atoms with Crippen LogP contribution in [0.5, 0.6) is 0 Å². The minimum absolute atomic E-state index is 0.0573. The van der Waals surface area contributed by atoms with E-state index >= 15 is 0 Å². The summed E-state index contributed by atoms with van der Waals surface area (Å²) in [5, 5.41) is 9.29. The van der Waals surface area contributed by atoms with Gasteiger partial charge < -0.3 is 9.66 Å². The Labute approximate surface area is 123 Å². The second kappa shape index (κ2) is 5.92. The Bertz CT molecular complexity index is 462. The average Bonchev–Trinajstić information content (AvgIpc) is 2.37. The predicted molar refractivity (Wildman–Crippen MR) is 80.6 cm³/mol. The van der Waals surface area contributed by atoms with Gasteiger partial charge in [0.05, 0.1) is 11.6 Å². The molecule has 0 fully saturated rings. The molecule has 0 heterocycles. The van der Waals surface area contributed by atoms with Crippen molar-refractivity contribution in [3.63, 3.8) is 0 Å². The molecular weight excluding hydrogens is 274 g/mol. The molecule has 2 aliphatic rings. The van der Waals surface area contributed by atoms with Crippen LogP contribution in [0.4, 0.5) is 0 Å². The minimum Gasteiger partial charge on any atom is -0.598 e. The van der Waals surface area contributed by atoms with E-state index in [0.29, 0.717) is 5.57 Å². The van der Waals surface area contributed by atoms with Gasteiger partial charge in [-0.3, -0.25) is 0 Å². The number of nitrogens with one attached hydrogen (secondary N) is 1. The number of carboxylic acids is 1. The van der Waals surface area contributed by atoms with E-state index in [4.69, 9.17) is 0 Å². The molecule has 0 saturated carbocycles. The van der Waals surface area contributed by atoms with Crippen LogP contribution in [0.3, 0.4) is 0 Å². The van der Waals surface area contributed by atoms with Crippen molar-refractivity contribution in [1.82, 2.24) is 4.72 Å². The second-order valence-electron chi connectivity index (χ2n) is 6.41. The Kier molecular flexibility index (Phi) is 4.62. The maximum atomic E-state index is 12.3. The molecule has 0 radical (unpaired) electrons. The summed E-state index contributed by atoms with van der Waals surface area (Å²) in [5.74, 6) is -0.838. The molecular formula is C15H23NO3S. The molecule has 0 unspecified atom stereocenters. The van der Waals surface area contributed by atoms with Crippen molar-refractivity contribution in [2.75, 3.05) is 0 Å². The highest BCUT2D eigenvalue weighted by atomic mass is 32.2. The Morgan fingerprint density at radius 2 is 2.15 bits per heavy atom. The quantitative estimate of drug-likeness (QED) is 0.786. The van der Waals surface area contributed by atoms with Crippen LogP contribution in [-0.2, 0) is 16.2 Å². The molecule has 0 aromatic heterocycles. The lowest BCUT2D eigenvalue weighted by Crippen LogP contribution is -2.46. The lowest BCUT2D eigenvalue weighted by molar-refractivity contribution is -0.132. The molecule has 2 rings (SSSR count). The summed E-state index contributed by atoms with van der Waals surface area (Å²) >= 11 is -1.12. The molecule has 0 saturated heterocycles. The third-order valence-corrected chi connectivity index (χ3v) is 5.46. The van der Waals surface area contributed by atoms with Crippen molar-refractivity contribution in [3.8, 4) is 0 Å². The first-order chi connectivity index (χ1) is 9.30. The third-order valence-electron chi connectivity index (χ3n) is 3.85. The average molecular weight is 297 g/mol. The van der Waals surface area contributed by atoms with Crippen molar-refractivity contribution < 1.29 is 14.5 Å². The Morgan fingerprint density at radius 1 is 1.45 bits per heavy atom. The largest absolute Gasteiger partial charge is 0.598 e. The normalized spacial score (nSPS) is 25.0. The van der Waals surface area contributed by atoms with E-state index in [-0.39, 0.29) is 10.8 Å². The van der Waals surface area contributed by atoms with Crippen LogP contribution in [0, 0.1) is 0 Å². The number of carbonyl (C=O) groups is 1. The maximum Gasteiger partial charge on any atom is 0.335 e. The van der Waals surface area contributed by atoms with Gasteiger partial charge in [-0.15, -0.1) is 4.72 Å². The third kappa shape index (κ3) is 3.27. The Morgan fingerprint density at radius 3 is 2.75 bits per heavy atom. The van der Waals surface area contributed by atoms with Crippen LogP contribution in [-0.4, -0.2) is 26.4 Å². The highest BCUT2D eigenvalue weighted by Crippen LogP contribution is 2.37. The molecule has 0 spiro atoms. The van der Waals surface area contributed by atoms with Gasteiger partial charge in [-0.2, -0.15) is 0 Å². The van der Waals surface area contributed by atoms with Crippen molar-refractivity contribution in [3.05, 3.63) is 22.8 Å². The molecule has 20 heavy (non-hydrogen) atoms. The zero-order valence-corrected chi connectivity index (χ0v) is 13.2. The van der Waals surface area contributed by atoms with E-state index in [9.17, 15) is 14.5 Å². The van der Waals surface area contributed by atoms with Crippen LogP contribution >= 0.6 is 0 Å². The van der Waals surface area contributed by atoms with E-state index in [1.807, 2.05) is 26.8 Å². The number of hydrogen-bond acceptors (Lipinski definition) is 3. The number of rotatable bonds is 3. The van der Waals surface area contributed by atoms with Crippen molar-refractivity contribution in [2.24, 2.45) is 0 Å². The van der Waals surface area contributed by atoms with Crippen molar-refractivity contribution >= 4 is 17.3 Å². The molecule has 0 aliphatic heterocycles. The van der Waals surface area contributed by atoms with Gasteiger partial charge >= 0.3 is 5.97 Å². The number of carboxylic acid groups (broad SMARTS) is 1. The molecule has 5 heteroatoms. The lowest BCUT2D eigenvalue weighted by atomic mass is 9.79. The van der Waals surface area contributed by atoms with E-state index in [1.54, 1.807) is 0 Å². The summed E-state index contributed by atoms with van der Waals surface area (Å²) in [5.41, 5.74) is 2.59. The Hall–Kier alpha value is -0.780. The smallest absolute Gasteiger partial charge is 0.335 e. The molecule has 0 bridgehead atoms. The van der Waals surface area contributed by atoms with E-state index in [1.165, 1.54) is 0 Å². The van der Waals surface area contributed by atoms with Crippen LogP contribution in [0.15, 0.2) is 22.8 Å². The van der Waals surface area contributed by atoms with Gasteiger partial charge in [0, 0.05) is 11.4 Å². The number of aliphatic carboxylic acids is 1. The minimum atomic E-state index is -1.12. The number of hydrogen-bond donors (Lipinski definition) is 2. The first-order valence-corrected chi connectivity index (χ1v) is 8.29. The second-order valence-corrected chi connectivity index (χ2v) is 8.41. The topological polar surface area (TPSA) is 72.4 Å². The van der Waals surface area contributed by atoms with Gasteiger partial charge in [0.2, 0.25) is 0 Å². The zero-order valence-electron chi connectivity index (χ0n) is 12.4. The first kappa shape index (κ1) is 15.6. The fraction of sp³-hybridized carbons (Fsp3) is 0.667. The zero-order chi connectivity index (χ0) is 14.9. The molecule has 4 nitrogen and oxygen atoms in total. The van der Waals surface area contributed by atoms with Gasteiger partial charge in [-0.25, -0.2) is 4.79 Å². The fourth-order valence-corrected chi connectivity index (χ4v) is 3.68. The summed E-state index contributed by atoms with van der Waals surface area (Å²) in [6, 6.07) is 0.0573. The van der Waals surface area contributed by atoms with Gasteiger partial charge in [0.15, 0.2) is 0 Å². The van der Waals surface area contributed by atoms with E-state index < -0.39 is 17.3 Å².